The molecule has 1 saturated carbocycles. The van der Waals surface area contributed by atoms with Crippen molar-refractivity contribution in [2.45, 2.75) is 31.7 Å². The van der Waals surface area contributed by atoms with Crippen molar-refractivity contribution < 1.29 is 14.3 Å². The maximum absolute atomic E-state index is 13.0. The summed E-state index contributed by atoms with van der Waals surface area (Å²) >= 11 is 0. The van der Waals surface area contributed by atoms with Crippen molar-refractivity contribution in [1.29, 1.82) is 0 Å². The van der Waals surface area contributed by atoms with E-state index in [-0.39, 0.29) is 24.7 Å². The van der Waals surface area contributed by atoms with E-state index in [4.69, 9.17) is 10.8 Å². The molecule has 0 radical (unpaired) electrons. The molecular weight excluding hydrogens is 273 g/mol. The Labute approximate surface area is 123 Å². The number of nitrogens with two attached hydrogens (primary N) is 1. The van der Waals surface area contributed by atoms with Crippen LogP contribution in [0.1, 0.15) is 25.7 Å². The molecule has 1 aromatic carbocycles. The quantitative estimate of drug-likeness (QED) is 0.667. The molecule has 4 N–H and O–H groups in total. The van der Waals surface area contributed by atoms with E-state index in [2.05, 4.69) is 10.2 Å². The van der Waals surface area contributed by atoms with Crippen LogP contribution in [-0.2, 0) is 4.79 Å². The Balaban J connectivity index is 1.91. The number of hydrogen-bond acceptors (Lipinski definition) is 4. The highest BCUT2D eigenvalue weighted by Crippen LogP contribution is 2.25. The van der Waals surface area contributed by atoms with E-state index in [0.717, 1.165) is 12.8 Å². The Morgan fingerprint density at radius 1 is 1.48 bits per heavy atom. The highest BCUT2D eigenvalue weighted by atomic mass is 19.1. The van der Waals surface area contributed by atoms with E-state index in [9.17, 15) is 9.18 Å². The SMILES string of the molecule is Nc1cc(F)ccc1NC(=O)CN(CCCO)C1CCC1. The molecule has 1 aliphatic carbocycles. The fourth-order valence-corrected chi connectivity index (χ4v) is 2.44. The van der Waals surface area contributed by atoms with Crippen LogP contribution in [0.4, 0.5) is 15.8 Å². The van der Waals surface area contributed by atoms with Crippen molar-refractivity contribution in [1.82, 2.24) is 4.90 Å². The van der Waals surface area contributed by atoms with Gasteiger partial charge in [0.15, 0.2) is 0 Å². The zero-order valence-electron chi connectivity index (χ0n) is 12.0. The summed E-state index contributed by atoms with van der Waals surface area (Å²) in [6.07, 6.45) is 4.03. The maximum Gasteiger partial charge on any atom is 0.238 e. The summed E-state index contributed by atoms with van der Waals surface area (Å²) in [6, 6.07) is 4.34. The highest BCUT2D eigenvalue weighted by Gasteiger charge is 2.26. The van der Waals surface area contributed by atoms with Crippen molar-refractivity contribution in [3.63, 3.8) is 0 Å². The van der Waals surface area contributed by atoms with Gasteiger partial charge in [-0.15, -0.1) is 0 Å². The molecule has 0 saturated heterocycles. The van der Waals surface area contributed by atoms with Crippen molar-refractivity contribution in [3.05, 3.63) is 24.0 Å². The minimum absolute atomic E-state index is 0.121. The Bertz CT molecular complexity index is 492. The van der Waals surface area contributed by atoms with E-state index >= 15 is 0 Å². The second-order valence-corrected chi connectivity index (χ2v) is 5.41. The normalized spacial score (nSPS) is 15.0. The number of hydrogen-bond donors (Lipinski definition) is 3. The summed E-state index contributed by atoms with van der Waals surface area (Å²) in [5.74, 6) is -0.595. The molecular formula is C15H22FN3O2. The standard InChI is InChI=1S/C15H22FN3O2/c16-11-5-6-14(13(17)9-11)18-15(21)10-19(7-2-8-20)12-3-1-4-12/h5-6,9,12,20H,1-4,7-8,10,17H2,(H,18,21). The van der Waals surface area contributed by atoms with Crippen LogP contribution < -0.4 is 11.1 Å². The number of nitrogen functional groups attached to an aromatic ring is 1. The molecule has 0 atom stereocenters. The number of amides is 1. The van der Waals surface area contributed by atoms with Crippen LogP contribution in [0.2, 0.25) is 0 Å². The number of nitrogens with one attached hydrogen (secondary N) is 1. The fraction of sp³-hybridized carbons (Fsp3) is 0.533. The monoisotopic (exact) mass is 295 g/mol. The third-order valence-electron chi connectivity index (χ3n) is 3.83. The van der Waals surface area contributed by atoms with Gasteiger partial charge < -0.3 is 16.2 Å². The van der Waals surface area contributed by atoms with Gasteiger partial charge in [0.2, 0.25) is 5.91 Å². The van der Waals surface area contributed by atoms with E-state index in [0.29, 0.717) is 24.7 Å². The van der Waals surface area contributed by atoms with Crippen molar-refractivity contribution in [3.8, 4) is 0 Å². The van der Waals surface area contributed by atoms with Crippen LogP contribution in [-0.4, -0.2) is 41.7 Å². The molecule has 1 fully saturated rings. The molecule has 1 amide bonds. The second kappa shape index (κ2) is 7.38. The highest BCUT2D eigenvalue weighted by molar-refractivity contribution is 5.95. The van der Waals surface area contributed by atoms with Gasteiger partial charge in [0, 0.05) is 19.2 Å². The van der Waals surface area contributed by atoms with Gasteiger partial charge in [-0.1, -0.05) is 6.42 Å². The Kier molecular flexibility index (Phi) is 5.52. The first-order valence-corrected chi connectivity index (χ1v) is 7.30. The molecule has 1 aromatic rings. The molecule has 2 rings (SSSR count). The summed E-state index contributed by atoms with van der Waals surface area (Å²) in [6.45, 7) is 1.09. The Morgan fingerprint density at radius 2 is 2.24 bits per heavy atom. The first kappa shape index (κ1) is 15.7. The predicted molar refractivity (Wildman–Crippen MR) is 80.4 cm³/mol. The molecule has 6 heteroatoms. The molecule has 21 heavy (non-hydrogen) atoms. The van der Waals surface area contributed by atoms with E-state index in [1.165, 1.54) is 24.6 Å². The van der Waals surface area contributed by atoms with Crippen molar-refractivity contribution in [2.75, 3.05) is 30.7 Å². The number of carbonyl (C=O) groups is 1. The summed E-state index contributed by atoms with van der Waals surface area (Å²) in [5.41, 5.74) is 6.32. The molecule has 116 valence electrons. The van der Waals surface area contributed by atoms with Gasteiger partial charge >= 0.3 is 0 Å². The maximum atomic E-state index is 13.0. The van der Waals surface area contributed by atoms with E-state index in [1.807, 2.05) is 0 Å². The average molecular weight is 295 g/mol. The lowest BCUT2D eigenvalue weighted by Crippen LogP contribution is -2.45. The Morgan fingerprint density at radius 3 is 2.81 bits per heavy atom. The van der Waals surface area contributed by atoms with Gasteiger partial charge in [-0.25, -0.2) is 4.39 Å². The van der Waals surface area contributed by atoms with Crippen LogP contribution in [0.3, 0.4) is 0 Å². The first-order chi connectivity index (χ1) is 10.1. The summed E-state index contributed by atoms with van der Waals surface area (Å²) in [7, 11) is 0. The molecule has 0 spiro atoms. The van der Waals surface area contributed by atoms with Crippen LogP contribution >= 0.6 is 0 Å². The molecule has 0 heterocycles. The molecule has 5 nitrogen and oxygen atoms in total. The lowest BCUT2D eigenvalue weighted by atomic mass is 9.91. The van der Waals surface area contributed by atoms with Crippen LogP contribution in [0.15, 0.2) is 18.2 Å². The van der Waals surface area contributed by atoms with Gasteiger partial charge in [0.1, 0.15) is 5.82 Å². The number of benzene rings is 1. The zero-order valence-corrected chi connectivity index (χ0v) is 12.0. The lowest BCUT2D eigenvalue weighted by Gasteiger charge is -2.37. The first-order valence-electron chi connectivity index (χ1n) is 7.30. The number of aliphatic hydroxyl groups excluding tert-OH is 1. The summed E-state index contributed by atoms with van der Waals surface area (Å²) < 4.78 is 13.0. The number of aliphatic hydroxyl groups is 1. The largest absolute Gasteiger partial charge is 0.397 e. The van der Waals surface area contributed by atoms with Crippen LogP contribution in [0.5, 0.6) is 0 Å². The predicted octanol–water partition coefficient (Wildman–Crippen LogP) is 1.58. The Hall–Kier alpha value is -1.66. The number of halogens is 1. The molecule has 0 unspecified atom stereocenters. The molecule has 0 bridgehead atoms. The minimum atomic E-state index is -0.426. The fourth-order valence-electron chi connectivity index (χ4n) is 2.44. The van der Waals surface area contributed by atoms with Crippen LogP contribution in [0.25, 0.3) is 0 Å². The number of nitrogens with zero attached hydrogens (tertiary/aromatic N) is 1. The smallest absolute Gasteiger partial charge is 0.238 e. The summed E-state index contributed by atoms with van der Waals surface area (Å²) in [5, 5.41) is 11.7. The minimum Gasteiger partial charge on any atom is -0.397 e. The topological polar surface area (TPSA) is 78.6 Å². The van der Waals surface area contributed by atoms with Crippen molar-refractivity contribution in [2.24, 2.45) is 0 Å². The third kappa shape index (κ3) is 4.41. The van der Waals surface area contributed by atoms with E-state index < -0.39 is 5.82 Å². The van der Waals surface area contributed by atoms with E-state index in [1.54, 1.807) is 0 Å². The molecule has 1 aliphatic rings. The second-order valence-electron chi connectivity index (χ2n) is 5.41. The number of rotatable bonds is 7. The average Bonchev–Trinajstić information content (AvgIpc) is 2.37. The third-order valence-corrected chi connectivity index (χ3v) is 3.83. The summed E-state index contributed by atoms with van der Waals surface area (Å²) in [4.78, 5) is 14.2. The van der Waals surface area contributed by atoms with Crippen LogP contribution in [0, 0.1) is 5.82 Å². The van der Waals surface area contributed by atoms with Gasteiger partial charge in [0.05, 0.1) is 17.9 Å². The van der Waals surface area contributed by atoms with Gasteiger partial charge in [-0.3, -0.25) is 9.69 Å². The lowest BCUT2D eigenvalue weighted by molar-refractivity contribution is -0.118. The van der Waals surface area contributed by atoms with Gasteiger partial charge in [0.25, 0.3) is 0 Å². The molecule has 0 aromatic heterocycles. The van der Waals surface area contributed by atoms with Gasteiger partial charge in [-0.05, 0) is 37.5 Å². The van der Waals surface area contributed by atoms with Crippen molar-refractivity contribution >= 4 is 17.3 Å². The zero-order chi connectivity index (χ0) is 15.2. The number of anilines is 2. The van der Waals surface area contributed by atoms with Gasteiger partial charge in [-0.2, -0.15) is 0 Å². The number of carbonyl (C=O) groups excluding carboxylic acids is 1. The molecule has 0 aliphatic heterocycles.